The van der Waals surface area contributed by atoms with Crippen molar-refractivity contribution in [1.82, 2.24) is 4.90 Å². The minimum absolute atomic E-state index is 0.0275. The second kappa shape index (κ2) is 3.68. The molecule has 80 valence electrons. The van der Waals surface area contributed by atoms with Crippen LogP contribution in [-0.2, 0) is 19.4 Å². The van der Waals surface area contributed by atoms with Crippen molar-refractivity contribution in [2.75, 3.05) is 18.6 Å². The molecule has 0 radical (unpaired) electrons. The Bertz CT molecular complexity index is 360. The van der Waals surface area contributed by atoms with Gasteiger partial charge in [0.1, 0.15) is 9.84 Å². The van der Waals surface area contributed by atoms with Crippen LogP contribution in [0.2, 0.25) is 0 Å². The number of nitrogens with zero attached hydrogens (tertiary/aromatic N) is 1. The molecule has 2 amide bonds. The normalized spacial score (nSPS) is 23.3. The van der Waals surface area contributed by atoms with Crippen LogP contribution in [0.25, 0.3) is 0 Å². The van der Waals surface area contributed by atoms with E-state index < -0.39 is 15.8 Å². The number of rotatable bonds is 3. The van der Waals surface area contributed by atoms with Crippen molar-refractivity contribution < 1.29 is 18.0 Å². The van der Waals surface area contributed by atoms with Crippen LogP contribution < -0.4 is 0 Å². The molecule has 0 aromatic heterocycles. The van der Waals surface area contributed by atoms with Crippen molar-refractivity contribution in [2.24, 2.45) is 5.92 Å². The van der Waals surface area contributed by atoms with Crippen molar-refractivity contribution in [1.29, 1.82) is 0 Å². The summed E-state index contributed by atoms with van der Waals surface area (Å²) in [4.78, 5) is 23.8. The number of hydrogen-bond donors (Lipinski definition) is 0. The molecule has 1 atom stereocenters. The van der Waals surface area contributed by atoms with E-state index in [-0.39, 0.29) is 24.0 Å². The maximum absolute atomic E-state index is 11.5. The van der Waals surface area contributed by atoms with Gasteiger partial charge in [-0.3, -0.25) is 14.5 Å². The molecule has 0 saturated carbocycles. The Labute approximate surface area is 83.0 Å². The van der Waals surface area contributed by atoms with Crippen molar-refractivity contribution >= 4 is 21.7 Å². The summed E-state index contributed by atoms with van der Waals surface area (Å²) >= 11 is 0. The summed E-state index contributed by atoms with van der Waals surface area (Å²) in [6.07, 6.45) is 1.10. The van der Waals surface area contributed by atoms with E-state index in [1.54, 1.807) is 6.92 Å². The molecule has 0 aliphatic carbocycles. The number of carbonyl (C=O) groups excluding carboxylic acids is 2. The van der Waals surface area contributed by atoms with Crippen LogP contribution in [0, 0.1) is 5.92 Å². The fourth-order valence-electron chi connectivity index (χ4n) is 1.58. The minimum atomic E-state index is -3.20. The molecule has 1 aliphatic rings. The molecule has 0 spiro atoms. The molecule has 1 aliphatic heterocycles. The van der Waals surface area contributed by atoms with E-state index in [1.807, 2.05) is 0 Å². The van der Waals surface area contributed by atoms with Crippen molar-refractivity contribution in [3.8, 4) is 0 Å². The van der Waals surface area contributed by atoms with E-state index in [0.29, 0.717) is 6.54 Å². The summed E-state index contributed by atoms with van der Waals surface area (Å²) in [5, 5.41) is 0. The highest BCUT2D eigenvalue weighted by Crippen LogP contribution is 2.20. The van der Waals surface area contributed by atoms with Crippen molar-refractivity contribution in [2.45, 2.75) is 13.3 Å². The van der Waals surface area contributed by atoms with Gasteiger partial charge in [-0.2, -0.15) is 0 Å². The van der Waals surface area contributed by atoms with Gasteiger partial charge in [0, 0.05) is 19.2 Å². The smallest absolute Gasteiger partial charge is 0.233 e. The first-order valence-corrected chi connectivity index (χ1v) is 6.43. The minimum Gasteiger partial charge on any atom is -0.283 e. The molecule has 1 saturated heterocycles. The summed E-state index contributed by atoms with van der Waals surface area (Å²) in [5.41, 5.74) is 0. The highest BCUT2D eigenvalue weighted by Gasteiger charge is 2.38. The van der Waals surface area contributed by atoms with Crippen LogP contribution in [0.3, 0.4) is 0 Å². The number of hydrogen-bond acceptors (Lipinski definition) is 4. The lowest BCUT2D eigenvalue weighted by atomic mass is 10.1. The third-order valence-electron chi connectivity index (χ3n) is 2.16. The monoisotopic (exact) mass is 219 g/mol. The second-order valence-corrected chi connectivity index (χ2v) is 5.65. The quantitative estimate of drug-likeness (QED) is 0.596. The van der Waals surface area contributed by atoms with Gasteiger partial charge in [0.05, 0.1) is 11.7 Å². The SMILES string of the molecule is CCN1C(=O)CC(CS(C)(=O)=O)C1=O. The molecule has 0 aromatic carbocycles. The number of sulfone groups is 1. The maximum Gasteiger partial charge on any atom is 0.233 e. The van der Waals surface area contributed by atoms with Gasteiger partial charge in [-0.1, -0.05) is 0 Å². The molecular formula is C8H13NO4S. The molecule has 14 heavy (non-hydrogen) atoms. The lowest BCUT2D eigenvalue weighted by molar-refractivity contribution is -0.138. The molecule has 1 rings (SSSR count). The van der Waals surface area contributed by atoms with Gasteiger partial charge in [-0.15, -0.1) is 0 Å². The molecule has 1 heterocycles. The standard InChI is InChI=1S/C8H13NO4S/c1-3-9-7(10)4-6(8(9)11)5-14(2,12)13/h6H,3-5H2,1-2H3. The number of carbonyl (C=O) groups is 2. The largest absolute Gasteiger partial charge is 0.283 e. The highest BCUT2D eigenvalue weighted by atomic mass is 32.2. The predicted octanol–water partition coefficient (Wildman–Crippen LogP) is -0.574. The van der Waals surface area contributed by atoms with Crippen LogP contribution in [0.15, 0.2) is 0 Å². The third kappa shape index (κ3) is 2.31. The number of likely N-dealkylation sites (tertiary alicyclic amines) is 1. The van der Waals surface area contributed by atoms with Gasteiger partial charge in [-0.25, -0.2) is 8.42 Å². The van der Waals surface area contributed by atoms with Crippen LogP contribution in [0.4, 0.5) is 0 Å². The predicted molar refractivity (Wildman–Crippen MR) is 50.2 cm³/mol. The Balaban J connectivity index is 2.77. The molecule has 6 heteroatoms. The average Bonchev–Trinajstić information content (AvgIpc) is 2.24. The Morgan fingerprint density at radius 1 is 1.43 bits per heavy atom. The second-order valence-electron chi connectivity index (χ2n) is 3.47. The zero-order valence-electron chi connectivity index (χ0n) is 8.19. The van der Waals surface area contributed by atoms with E-state index in [1.165, 1.54) is 0 Å². The number of imide groups is 1. The Hall–Kier alpha value is -0.910. The molecule has 0 aromatic rings. The molecule has 5 nitrogen and oxygen atoms in total. The molecule has 1 unspecified atom stereocenters. The number of amides is 2. The van der Waals surface area contributed by atoms with Crippen LogP contribution in [0.5, 0.6) is 0 Å². The first kappa shape index (κ1) is 11.2. The molecule has 0 N–H and O–H groups in total. The van der Waals surface area contributed by atoms with Gasteiger partial charge >= 0.3 is 0 Å². The fraction of sp³-hybridized carbons (Fsp3) is 0.750. The Morgan fingerprint density at radius 2 is 2.00 bits per heavy atom. The van der Waals surface area contributed by atoms with Gasteiger partial charge in [0.15, 0.2) is 0 Å². The van der Waals surface area contributed by atoms with Crippen LogP contribution in [-0.4, -0.2) is 43.7 Å². The van der Waals surface area contributed by atoms with Crippen LogP contribution >= 0.6 is 0 Å². The summed E-state index contributed by atoms with van der Waals surface area (Å²) in [7, 11) is -3.20. The first-order valence-electron chi connectivity index (χ1n) is 4.37. The van der Waals surface area contributed by atoms with E-state index >= 15 is 0 Å². The summed E-state index contributed by atoms with van der Waals surface area (Å²) in [6, 6.07) is 0. The molecular weight excluding hydrogens is 206 g/mol. The Kier molecular flexibility index (Phi) is 2.94. The van der Waals surface area contributed by atoms with Gasteiger partial charge in [-0.05, 0) is 6.92 Å². The zero-order valence-corrected chi connectivity index (χ0v) is 9.00. The third-order valence-corrected chi connectivity index (χ3v) is 3.17. The van der Waals surface area contributed by atoms with E-state index in [9.17, 15) is 18.0 Å². The average molecular weight is 219 g/mol. The maximum atomic E-state index is 11.5. The summed E-state index contributed by atoms with van der Waals surface area (Å²) in [6.45, 7) is 2.01. The zero-order chi connectivity index (χ0) is 10.9. The Morgan fingerprint density at radius 3 is 2.36 bits per heavy atom. The van der Waals surface area contributed by atoms with Crippen molar-refractivity contribution in [3.63, 3.8) is 0 Å². The lowest BCUT2D eigenvalue weighted by Gasteiger charge is -2.10. The van der Waals surface area contributed by atoms with E-state index in [2.05, 4.69) is 0 Å². The molecule has 0 bridgehead atoms. The summed E-state index contributed by atoms with van der Waals surface area (Å²) in [5.74, 6) is -1.53. The van der Waals surface area contributed by atoms with Gasteiger partial charge in [0.2, 0.25) is 11.8 Å². The lowest BCUT2D eigenvalue weighted by Crippen LogP contribution is -2.31. The van der Waals surface area contributed by atoms with Crippen LogP contribution in [0.1, 0.15) is 13.3 Å². The fourth-order valence-corrected chi connectivity index (χ4v) is 2.57. The van der Waals surface area contributed by atoms with Gasteiger partial charge < -0.3 is 0 Å². The van der Waals surface area contributed by atoms with E-state index in [0.717, 1.165) is 11.2 Å². The first-order chi connectivity index (χ1) is 6.35. The molecule has 1 fully saturated rings. The van der Waals surface area contributed by atoms with E-state index in [4.69, 9.17) is 0 Å². The summed E-state index contributed by atoms with van der Waals surface area (Å²) < 4.78 is 21.9. The topological polar surface area (TPSA) is 71.5 Å². The van der Waals surface area contributed by atoms with Crippen molar-refractivity contribution in [3.05, 3.63) is 0 Å². The van der Waals surface area contributed by atoms with Gasteiger partial charge in [0.25, 0.3) is 0 Å². The highest BCUT2D eigenvalue weighted by molar-refractivity contribution is 7.90.